The van der Waals surface area contributed by atoms with Crippen LogP contribution in [0.1, 0.15) is 41.8 Å². The first-order valence-electron chi connectivity index (χ1n) is 6.97. The SMILES string of the molecule is CCCNC(CCc1cccnc1)c1sccc1C. The fraction of sp³-hybridized carbons (Fsp3) is 0.438. The van der Waals surface area contributed by atoms with Crippen LogP contribution >= 0.6 is 11.3 Å². The summed E-state index contributed by atoms with van der Waals surface area (Å²) in [4.78, 5) is 5.67. The molecular weight excluding hydrogens is 252 g/mol. The molecule has 2 aromatic heterocycles. The maximum Gasteiger partial charge on any atom is 0.0420 e. The maximum absolute atomic E-state index is 4.19. The summed E-state index contributed by atoms with van der Waals surface area (Å²) >= 11 is 1.87. The lowest BCUT2D eigenvalue weighted by atomic mass is 10.0. The maximum atomic E-state index is 4.19. The average molecular weight is 274 g/mol. The summed E-state index contributed by atoms with van der Waals surface area (Å²) in [6.45, 7) is 5.50. The van der Waals surface area contributed by atoms with Crippen LogP contribution in [0.3, 0.4) is 0 Å². The van der Waals surface area contributed by atoms with E-state index in [1.54, 1.807) is 0 Å². The van der Waals surface area contributed by atoms with Gasteiger partial charge in [0.05, 0.1) is 0 Å². The Morgan fingerprint density at radius 1 is 1.37 bits per heavy atom. The fourth-order valence-electron chi connectivity index (χ4n) is 2.24. The van der Waals surface area contributed by atoms with Crippen molar-refractivity contribution in [3.05, 3.63) is 52.0 Å². The molecule has 19 heavy (non-hydrogen) atoms. The molecule has 102 valence electrons. The molecule has 2 rings (SSSR count). The van der Waals surface area contributed by atoms with E-state index in [4.69, 9.17) is 0 Å². The average Bonchev–Trinajstić information content (AvgIpc) is 2.86. The van der Waals surface area contributed by atoms with Crippen molar-refractivity contribution >= 4 is 11.3 Å². The second-order valence-electron chi connectivity index (χ2n) is 4.87. The van der Waals surface area contributed by atoms with Gasteiger partial charge in [0.2, 0.25) is 0 Å². The highest BCUT2D eigenvalue weighted by atomic mass is 32.1. The first-order chi connectivity index (χ1) is 9.31. The third-order valence-electron chi connectivity index (χ3n) is 3.30. The Bertz CT molecular complexity index is 479. The molecule has 1 unspecified atom stereocenters. The molecule has 1 atom stereocenters. The minimum Gasteiger partial charge on any atom is -0.309 e. The van der Waals surface area contributed by atoms with Crippen molar-refractivity contribution in [3.8, 4) is 0 Å². The number of hydrogen-bond donors (Lipinski definition) is 1. The van der Waals surface area contributed by atoms with Gasteiger partial charge in [-0.2, -0.15) is 0 Å². The predicted molar refractivity (Wildman–Crippen MR) is 82.6 cm³/mol. The van der Waals surface area contributed by atoms with Crippen molar-refractivity contribution in [1.82, 2.24) is 10.3 Å². The molecule has 2 nitrogen and oxygen atoms in total. The minimum atomic E-state index is 0.472. The van der Waals surface area contributed by atoms with Crippen LogP contribution in [-0.4, -0.2) is 11.5 Å². The molecule has 0 fully saturated rings. The Morgan fingerprint density at radius 3 is 2.89 bits per heavy atom. The highest BCUT2D eigenvalue weighted by molar-refractivity contribution is 7.10. The molecule has 2 heterocycles. The van der Waals surface area contributed by atoms with Crippen molar-refractivity contribution in [1.29, 1.82) is 0 Å². The van der Waals surface area contributed by atoms with Crippen molar-refractivity contribution in [2.24, 2.45) is 0 Å². The van der Waals surface area contributed by atoms with Crippen molar-refractivity contribution in [2.45, 2.75) is 39.2 Å². The Kier molecular flexibility index (Phi) is 5.55. The first kappa shape index (κ1) is 14.2. The van der Waals surface area contributed by atoms with Gasteiger partial charge in [-0.25, -0.2) is 0 Å². The summed E-state index contributed by atoms with van der Waals surface area (Å²) in [5.74, 6) is 0. The second kappa shape index (κ2) is 7.41. The molecule has 0 saturated carbocycles. The largest absolute Gasteiger partial charge is 0.309 e. The Balaban J connectivity index is 2.00. The van der Waals surface area contributed by atoms with Gasteiger partial charge in [0.15, 0.2) is 0 Å². The van der Waals surface area contributed by atoms with Gasteiger partial charge in [-0.3, -0.25) is 4.98 Å². The van der Waals surface area contributed by atoms with Crippen molar-refractivity contribution in [2.75, 3.05) is 6.54 Å². The summed E-state index contributed by atoms with van der Waals surface area (Å²) in [6.07, 6.45) is 7.19. The molecule has 0 aliphatic carbocycles. The molecule has 0 spiro atoms. The van der Waals surface area contributed by atoms with Gasteiger partial charge in [-0.15, -0.1) is 11.3 Å². The first-order valence-corrected chi connectivity index (χ1v) is 7.85. The quantitative estimate of drug-likeness (QED) is 0.821. The Hall–Kier alpha value is -1.19. The third kappa shape index (κ3) is 4.15. The number of rotatable bonds is 7. The zero-order valence-corrected chi connectivity index (χ0v) is 12.5. The fourth-order valence-corrected chi connectivity index (χ4v) is 3.28. The molecule has 2 aromatic rings. The van der Waals surface area contributed by atoms with E-state index >= 15 is 0 Å². The molecule has 0 bridgehead atoms. The van der Waals surface area contributed by atoms with Gasteiger partial charge in [0.25, 0.3) is 0 Å². The van der Waals surface area contributed by atoms with Crippen LogP contribution in [0.5, 0.6) is 0 Å². The molecule has 0 saturated heterocycles. The van der Waals surface area contributed by atoms with Gasteiger partial charge in [-0.1, -0.05) is 13.0 Å². The minimum absolute atomic E-state index is 0.472. The molecule has 1 N–H and O–H groups in total. The van der Waals surface area contributed by atoms with E-state index in [9.17, 15) is 0 Å². The van der Waals surface area contributed by atoms with E-state index in [1.165, 1.54) is 22.4 Å². The van der Waals surface area contributed by atoms with Gasteiger partial charge in [-0.05, 0) is 61.4 Å². The highest BCUT2D eigenvalue weighted by Gasteiger charge is 2.14. The summed E-state index contributed by atoms with van der Waals surface area (Å²) in [5.41, 5.74) is 2.73. The number of hydrogen-bond acceptors (Lipinski definition) is 3. The zero-order valence-electron chi connectivity index (χ0n) is 11.7. The molecule has 0 aromatic carbocycles. The summed E-state index contributed by atoms with van der Waals surface area (Å²) in [6, 6.07) is 6.86. The number of nitrogens with one attached hydrogen (secondary N) is 1. The summed E-state index contributed by atoms with van der Waals surface area (Å²) in [5, 5.41) is 5.86. The number of aromatic nitrogens is 1. The Labute approximate surface area is 119 Å². The molecular formula is C16H22N2S. The smallest absolute Gasteiger partial charge is 0.0420 e. The van der Waals surface area contributed by atoms with E-state index in [1.807, 2.05) is 29.8 Å². The van der Waals surface area contributed by atoms with Crippen molar-refractivity contribution < 1.29 is 0 Å². The lowest BCUT2D eigenvalue weighted by Crippen LogP contribution is -2.22. The van der Waals surface area contributed by atoms with Gasteiger partial charge < -0.3 is 5.32 Å². The van der Waals surface area contributed by atoms with Crippen LogP contribution in [0.25, 0.3) is 0 Å². The number of aryl methyl sites for hydroxylation is 2. The molecule has 0 aliphatic rings. The molecule has 0 radical (unpaired) electrons. The van der Waals surface area contributed by atoms with Crippen LogP contribution in [0.4, 0.5) is 0 Å². The van der Waals surface area contributed by atoms with Crippen LogP contribution < -0.4 is 5.32 Å². The van der Waals surface area contributed by atoms with Crippen LogP contribution in [0.15, 0.2) is 36.0 Å². The third-order valence-corrected chi connectivity index (χ3v) is 4.44. The van der Waals surface area contributed by atoms with Crippen LogP contribution in [0.2, 0.25) is 0 Å². The normalized spacial score (nSPS) is 12.5. The standard InChI is InChI=1S/C16H22N2S/c1-3-9-18-15(16-13(2)8-11-19-16)7-6-14-5-4-10-17-12-14/h4-5,8,10-12,15,18H,3,6-7,9H2,1-2H3. The van der Waals surface area contributed by atoms with Crippen molar-refractivity contribution in [3.63, 3.8) is 0 Å². The Morgan fingerprint density at radius 2 is 2.26 bits per heavy atom. The number of thiophene rings is 1. The topological polar surface area (TPSA) is 24.9 Å². The molecule has 0 aliphatic heterocycles. The van der Waals surface area contributed by atoms with E-state index in [2.05, 4.69) is 41.7 Å². The van der Waals surface area contributed by atoms with E-state index in [0.717, 1.165) is 19.4 Å². The highest BCUT2D eigenvalue weighted by Crippen LogP contribution is 2.27. The summed E-state index contributed by atoms with van der Waals surface area (Å²) in [7, 11) is 0. The molecule has 3 heteroatoms. The zero-order chi connectivity index (χ0) is 13.5. The van der Waals surface area contributed by atoms with E-state index < -0.39 is 0 Å². The van der Waals surface area contributed by atoms with Gasteiger partial charge in [0, 0.05) is 23.3 Å². The van der Waals surface area contributed by atoms with Gasteiger partial charge >= 0.3 is 0 Å². The van der Waals surface area contributed by atoms with Gasteiger partial charge in [0.1, 0.15) is 0 Å². The predicted octanol–water partition coefficient (Wildman–Crippen LogP) is 4.13. The van der Waals surface area contributed by atoms with Crippen LogP contribution in [-0.2, 0) is 6.42 Å². The van der Waals surface area contributed by atoms with E-state index in [0.29, 0.717) is 6.04 Å². The lowest BCUT2D eigenvalue weighted by molar-refractivity contribution is 0.504. The number of pyridine rings is 1. The lowest BCUT2D eigenvalue weighted by Gasteiger charge is -2.18. The molecule has 0 amide bonds. The van der Waals surface area contributed by atoms with Crippen LogP contribution in [0, 0.1) is 6.92 Å². The second-order valence-corrected chi connectivity index (χ2v) is 5.82. The summed E-state index contributed by atoms with van der Waals surface area (Å²) < 4.78 is 0. The monoisotopic (exact) mass is 274 g/mol. The number of nitrogens with zero attached hydrogens (tertiary/aromatic N) is 1. The van der Waals surface area contributed by atoms with E-state index in [-0.39, 0.29) is 0 Å².